The van der Waals surface area contributed by atoms with E-state index in [4.69, 9.17) is 5.73 Å². The number of nitrogens with two attached hydrogens (primary N) is 1. The predicted molar refractivity (Wildman–Crippen MR) is 54.6 cm³/mol. The van der Waals surface area contributed by atoms with Crippen LogP contribution in [0, 0.1) is 10.1 Å². The molecular weight excluding hydrogens is 196 g/mol. The molecule has 1 heterocycles. The van der Waals surface area contributed by atoms with E-state index in [1.165, 1.54) is 10.7 Å². The number of hydrogen-bond donors (Lipinski definition) is 1. The summed E-state index contributed by atoms with van der Waals surface area (Å²) in [4.78, 5) is 10.3. The molecule has 0 aliphatic rings. The van der Waals surface area contributed by atoms with E-state index in [9.17, 15) is 10.1 Å². The number of aromatic nitrogens is 2. The second kappa shape index (κ2) is 3.41. The summed E-state index contributed by atoms with van der Waals surface area (Å²) in [5, 5.41) is 14.7. The van der Waals surface area contributed by atoms with Crippen molar-refractivity contribution in [3.8, 4) is 5.69 Å². The highest BCUT2D eigenvalue weighted by Crippen LogP contribution is 2.24. The van der Waals surface area contributed by atoms with E-state index in [2.05, 4.69) is 5.10 Å². The van der Waals surface area contributed by atoms with E-state index >= 15 is 0 Å². The van der Waals surface area contributed by atoms with Gasteiger partial charge in [0, 0.05) is 24.1 Å². The van der Waals surface area contributed by atoms with Gasteiger partial charge in [0.1, 0.15) is 5.69 Å². The van der Waals surface area contributed by atoms with Gasteiger partial charge in [-0.2, -0.15) is 5.10 Å². The molecule has 0 saturated heterocycles. The maximum absolute atomic E-state index is 10.8. The quantitative estimate of drug-likeness (QED) is 0.454. The Balaban J connectivity index is 2.61. The summed E-state index contributed by atoms with van der Waals surface area (Å²) in [5.41, 5.74) is 6.19. The molecule has 0 radical (unpaired) electrons. The van der Waals surface area contributed by atoms with Crippen molar-refractivity contribution in [2.75, 3.05) is 5.73 Å². The minimum atomic E-state index is -0.479. The van der Waals surface area contributed by atoms with Crippen LogP contribution in [0.25, 0.3) is 5.69 Å². The van der Waals surface area contributed by atoms with Gasteiger partial charge >= 0.3 is 0 Å². The van der Waals surface area contributed by atoms with Crippen LogP contribution in [0.5, 0.6) is 0 Å². The highest BCUT2D eigenvalue weighted by molar-refractivity contribution is 5.59. The Hall–Kier alpha value is -2.37. The van der Waals surface area contributed by atoms with Crippen molar-refractivity contribution in [1.29, 1.82) is 0 Å². The molecule has 6 nitrogen and oxygen atoms in total. The van der Waals surface area contributed by atoms with E-state index in [-0.39, 0.29) is 5.69 Å². The number of benzene rings is 1. The van der Waals surface area contributed by atoms with Gasteiger partial charge in [-0.25, -0.2) is 4.68 Å². The lowest BCUT2D eigenvalue weighted by Crippen LogP contribution is -2.01. The average molecular weight is 204 g/mol. The van der Waals surface area contributed by atoms with Crippen LogP contribution in [0.2, 0.25) is 0 Å². The third-order valence-corrected chi connectivity index (χ3v) is 1.95. The number of hydrogen-bond acceptors (Lipinski definition) is 4. The Bertz CT molecular complexity index is 493. The van der Waals surface area contributed by atoms with E-state index in [1.807, 2.05) is 0 Å². The Morgan fingerprint density at radius 1 is 1.47 bits per heavy atom. The lowest BCUT2D eigenvalue weighted by Gasteiger charge is -2.03. The third kappa shape index (κ3) is 1.64. The van der Waals surface area contributed by atoms with Gasteiger partial charge in [-0.1, -0.05) is 0 Å². The minimum absolute atomic E-state index is 0.0568. The van der Waals surface area contributed by atoms with Crippen LogP contribution in [0.15, 0.2) is 36.7 Å². The van der Waals surface area contributed by atoms with E-state index in [0.717, 1.165) is 0 Å². The molecule has 0 atom stereocenters. The van der Waals surface area contributed by atoms with Gasteiger partial charge in [-0.05, 0) is 18.2 Å². The van der Waals surface area contributed by atoms with E-state index in [0.29, 0.717) is 11.4 Å². The number of nitrogen functional groups attached to an aromatic ring is 1. The highest BCUT2D eigenvalue weighted by atomic mass is 16.6. The summed E-state index contributed by atoms with van der Waals surface area (Å²) in [6.45, 7) is 0. The number of rotatable bonds is 2. The smallest absolute Gasteiger partial charge is 0.296 e. The largest absolute Gasteiger partial charge is 0.399 e. The molecule has 0 aliphatic heterocycles. The number of anilines is 1. The summed E-state index contributed by atoms with van der Waals surface area (Å²) < 4.78 is 1.43. The zero-order valence-electron chi connectivity index (χ0n) is 7.70. The molecule has 0 bridgehead atoms. The molecule has 1 aromatic heterocycles. The van der Waals surface area contributed by atoms with Crippen molar-refractivity contribution in [3.05, 3.63) is 46.8 Å². The SMILES string of the molecule is Nc1ccc(-n2cccn2)c([N+](=O)[O-])c1. The topological polar surface area (TPSA) is 87.0 Å². The van der Waals surface area contributed by atoms with Gasteiger partial charge in [0.25, 0.3) is 5.69 Å². The van der Waals surface area contributed by atoms with Gasteiger partial charge in [0.05, 0.1) is 4.92 Å². The predicted octanol–water partition coefficient (Wildman–Crippen LogP) is 1.36. The number of nitro groups is 1. The van der Waals surface area contributed by atoms with E-state index < -0.39 is 4.92 Å². The van der Waals surface area contributed by atoms with Crippen LogP contribution in [-0.2, 0) is 0 Å². The van der Waals surface area contributed by atoms with Crippen LogP contribution in [0.3, 0.4) is 0 Å². The summed E-state index contributed by atoms with van der Waals surface area (Å²) in [7, 11) is 0. The minimum Gasteiger partial charge on any atom is -0.399 e. The first-order chi connectivity index (χ1) is 7.18. The molecule has 0 fully saturated rings. The first-order valence-corrected chi connectivity index (χ1v) is 4.22. The summed E-state index contributed by atoms with van der Waals surface area (Å²) >= 11 is 0. The molecule has 0 spiro atoms. The molecule has 6 heteroatoms. The van der Waals surface area contributed by atoms with Crippen molar-refractivity contribution in [1.82, 2.24) is 9.78 Å². The van der Waals surface area contributed by atoms with Gasteiger partial charge in [-0.15, -0.1) is 0 Å². The van der Waals surface area contributed by atoms with Crippen LogP contribution in [0.4, 0.5) is 11.4 Å². The third-order valence-electron chi connectivity index (χ3n) is 1.95. The van der Waals surface area contributed by atoms with Crippen LogP contribution in [-0.4, -0.2) is 14.7 Å². The fraction of sp³-hybridized carbons (Fsp3) is 0. The van der Waals surface area contributed by atoms with Crippen LogP contribution < -0.4 is 5.73 Å². The maximum Gasteiger partial charge on any atom is 0.296 e. The summed E-state index contributed by atoms with van der Waals surface area (Å²) in [6.07, 6.45) is 3.19. The standard InChI is InChI=1S/C9H8N4O2/c10-7-2-3-8(9(6-7)13(14)15)12-5-1-4-11-12/h1-6H,10H2. The Morgan fingerprint density at radius 2 is 2.27 bits per heavy atom. The normalized spacial score (nSPS) is 10.1. The Kier molecular flexibility index (Phi) is 2.09. The van der Waals surface area contributed by atoms with Gasteiger partial charge in [0.2, 0.25) is 0 Å². The summed E-state index contributed by atoms with van der Waals surface area (Å²) in [5.74, 6) is 0. The van der Waals surface area contributed by atoms with Gasteiger partial charge < -0.3 is 5.73 Å². The molecule has 2 rings (SSSR count). The average Bonchev–Trinajstić information content (AvgIpc) is 2.70. The van der Waals surface area contributed by atoms with Gasteiger partial charge in [0.15, 0.2) is 0 Å². The number of nitro benzene ring substituents is 1. The first-order valence-electron chi connectivity index (χ1n) is 4.22. The van der Waals surface area contributed by atoms with Crippen molar-refractivity contribution in [3.63, 3.8) is 0 Å². The summed E-state index contributed by atoms with van der Waals surface area (Å²) in [6, 6.07) is 6.18. The fourth-order valence-electron chi connectivity index (χ4n) is 1.29. The molecule has 0 unspecified atom stereocenters. The molecule has 2 aromatic rings. The molecule has 0 aliphatic carbocycles. The second-order valence-corrected chi connectivity index (χ2v) is 2.96. The van der Waals surface area contributed by atoms with Crippen molar-refractivity contribution in [2.45, 2.75) is 0 Å². The second-order valence-electron chi connectivity index (χ2n) is 2.96. The van der Waals surface area contributed by atoms with Gasteiger partial charge in [-0.3, -0.25) is 10.1 Å². The Morgan fingerprint density at radius 3 is 2.87 bits per heavy atom. The van der Waals surface area contributed by atoms with Crippen molar-refractivity contribution in [2.24, 2.45) is 0 Å². The molecular formula is C9H8N4O2. The molecule has 1 aromatic carbocycles. The molecule has 0 saturated carbocycles. The maximum atomic E-state index is 10.8. The lowest BCUT2D eigenvalue weighted by molar-refractivity contribution is -0.384. The molecule has 76 valence electrons. The molecule has 2 N–H and O–H groups in total. The van der Waals surface area contributed by atoms with Crippen molar-refractivity contribution < 1.29 is 4.92 Å². The fourth-order valence-corrected chi connectivity index (χ4v) is 1.29. The monoisotopic (exact) mass is 204 g/mol. The van der Waals surface area contributed by atoms with Crippen molar-refractivity contribution >= 4 is 11.4 Å². The lowest BCUT2D eigenvalue weighted by atomic mass is 10.2. The molecule has 15 heavy (non-hydrogen) atoms. The van der Waals surface area contributed by atoms with Crippen LogP contribution in [0.1, 0.15) is 0 Å². The highest BCUT2D eigenvalue weighted by Gasteiger charge is 2.15. The zero-order valence-corrected chi connectivity index (χ0v) is 7.70. The molecule has 0 amide bonds. The van der Waals surface area contributed by atoms with Crippen LogP contribution >= 0.6 is 0 Å². The first kappa shape index (κ1) is 9.20. The Labute approximate surface area is 85.1 Å². The zero-order chi connectivity index (χ0) is 10.8. The van der Waals surface area contributed by atoms with E-state index in [1.54, 1.807) is 30.6 Å². The number of nitrogens with zero attached hydrogens (tertiary/aromatic N) is 3.